The lowest BCUT2D eigenvalue weighted by Gasteiger charge is -2.23. The summed E-state index contributed by atoms with van der Waals surface area (Å²) in [5, 5.41) is 0. The maximum Gasteiger partial charge on any atom is 0.338 e. The normalized spacial score (nSPS) is 14.9. The molecule has 2 aromatic carbocycles. The van der Waals surface area contributed by atoms with Gasteiger partial charge in [0.25, 0.3) is 15.9 Å². The lowest BCUT2D eigenvalue weighted by Crippen LogP contribution is -2.38. The molecule has 0 bridgehead atoms. The number of anilines is 1. The molecule has 0 aliphatic carbocycles. The number of amides is 1. The fraction of sp³-hybridized carbons (Fsp3) is 0.364. The maximum atomic E-state index is 13.2. The van der Waals surface area contributed by atoms with Crippen molar-refractivity contribution in [3.63, 3.8) is 0 Å². The zero-order chi connectivity index (χ0) is 21.7. The second kappa shape index (κ2) is 9.30. The van der Waals surface area contributed by atoms with Gasteiger partial charge in [0, 0.05) is 19.6 Å². The highest BCUT2D eigenvalue weighted by atomic mass is 32.2. The molecule has 3 rings (SSSR count). The molecule has 0 N–H and O–H groups in total. The summed E-state index contributed by atoms with van der Waals surface area (Å²) in [6.45, 7) is 4.85. The topological polar surface area (TPSA) is 84.0 Å². The molecule has 1 fully saturated rings. The van der Waals surface area contributed by atoms with Gasteiger partial charge in [-0.25, -0.2) is 13.2 Å². The molecule has 8 heteroatoms. The fourth-order valence-electron chi connectivity index (χ4n) is 3.47. The Balaban J connectivity index is 1.79. The summed E-state index contributed by atoms with van der Waals surface area (Å²) in [5.74, 6) is -0.958. The Hall–Kier alpha value is -2.87. The minimum Gasteiger partial charge on any atom is -0.449 e. The van der Waals surface area contributed by atoms with Gasteiger partial charge in [0.15, 0.2) is 6.10 Å². The largest absolute Gasteiger partial charge is 0.449 e. The summed E-state index contributed by atoms with van der Waals surface area (Å²) < 4.78 is 32.9. The Morgan fingerprint density at radius 3 is 2.37 bits per heavy atom. The molecule has 7 nitrogen and oxygen atoms in total. The van der Waals surface area contributed by atoms with E-state index in [4.69, 9.17) is 4.74 Å². The molecule has 0 saturated carbocycles. The van der Waals surface area contributed by atoms with Gasteiger partial charge < -0.3 is 9.64 Å². The van der Waals surface area contributed by atoms with E-state index in [9.17, 15) is 18.0 Å². The van der Waals surface area contributed by atoms with Gasteiger partial charge in [-0.1, -0.05) is 24.3 Å². The average molecular weight is 431 g/mol. The van der Waals surface area contributed by atoms with Crippen LogP contribution in [0, 0.1) is 0 Å². The third-order valence-corrected chi connectivity index (χ3v) is 6.94. The standard InChI is InChI=1S/C22H26N2O5S/c1-3-24(19-11-5-4-6-12-19)30(27,28)20-13-9-10-18(16-20)22(26)29-17(2)21(25)23-14-7-8-15-23/h4-6,9-13,16-17H,3,7-8,14-15H2,1-2H3. The van der Waals surface area contributed by atoms with Crippen molar-refractivity contribution in [3.8, 4) is 0 Å². The summed E-state index contributed by atoms with van der Waals surface area (Å²) in [6.07, 6.45) is 0.968. The molecule has 0 aromatic heterocycles. The van der Waals surface area contributed by atoms with E-state index in [0.717, 1.165) is 12.8 Å². The van der Waals surface area contributed by atoms with Crippen LogP contribution in [0.5, 0.6) is 0 Å². The average Bonchev–Trinajstić information content (AvgIpc) is 3.29. The first-order valence-corrected chi connectivity index (χ1v) is 11.5. The van der Waals surface area contributed by atoms with Gasteiger partial charge in [0.2, 0.25) is 0 Å². The Morgan fingerprint density at radius 1 is 1.07 bits per heavy atom. The van der Waals surface area contributed by atoms with Crippen LogP contribution in [-0.4, -0.2) is 50.9 Å². The Labute approximate surface area is 177 Å². The number of benzene rings is 2. The number of ether oxygens (including phenoxy) is 1. The smallest absolute Gasteiger partial charge is 0.338 e. The number of hydrogen-bond acceptors (Lipinski definition) is 5. The predicted octanol–water partition coefficient (Wildman–Crippen LogP) is 3.07. The molecule has 1 aliphatic rings. The van der Waals surface area contributed by atoms with Crippen LogP contribution in [0.1, 0.15) is 37.0 Å². The number of likely N-dealkylation sites (tertiary alicyclic amines) is 1. The molecule has 2 aromatic rings. The van der Waals surface area contributed by atoms with E-state index in [0.29, 0.717) is 18.8 Å². The van der Waals surface area contributed by atoms with Crippen molar-refractivity contribution in [1.82, 2.24) is 4.90 Å². The Bertz CT molecular complexity index is 1000. The van der Waals surface area contributed by atoms with Gasteiger partial charge in [-0.05, 0) is 57.0 Å². The number of sulfonamides is 1. The molecule has 1 heterocycles. The third kappa shape index (κ3) is 4.64. The van der Waals surface area contributed by atoms with Crippen LogP contribution in [0.25, 0.3) is 0 Å². The molecule has 0 radical (unpaired) electrons. The first kappa shape index (κ1) is 21.8. The van der Waals surface area contributed by atoms with Crippen molar-refractivity contribution in [2.75, 3.05) is 23.9 Å². The van der Waals surface area contributed by atoms with Crippen molar-refractivity contribution >= 4 is 27.6 Å². The van der Waals surface area contributed by atoms with Crippen LogP contribution < -0.4 is 4.31 Å². The second-order valence-corrected chi connectivity index (χ2v) is 8.98. The summed E-state index contributed by atoms with van der Waals surface area (Å²) in [5.41, 5.74) is 0.624. The van der Waals surface area contributed by atoms with Crippen molar-refractivity contribution in [2.45, 2.75) is 37.7 Å². The van der Waals surface area contributed by atoms with Crippen LogP contribution in [0.15, 0.2) is 59.5 Å². The number of rotatable bonds is 7. The minimum atomic E-state index is -3.87. The molecule has 30 heavy (non-hydrogen) atoms. The Kier molecular flexibility index (Phi) is 6.77. The monoisotopic (exact) mass is 430 g/mol. The molecule has 0 spiro atoms. The second-order valence-electron chi connectivity index (χ2n) is 7.11. The van der Waals surface area contributed by atoms with E-state index in [-0.39, 0.29) is 22.9 Å². The van der Waals surface area contributed by atoms with E-state index in [1.165, 1.54) is 35.5 Å². The van der Waals surface area contributed by atoms with Gasteiger partial charge in [-0.2, -0.15) is 0 Å². The Morgan fingerprint density at radius 2 is 1.73 bits per heavy atom. The zero-order valence-electron chi connectivity index (χ0n) is 17.2. The van der Waals surface area contributed by atoms with Crippen LogP contribution in [-0.2, 0) is 19.6 Å². The van der Waals surface area contributed by atoms with Gasteiger partial charge in [0.05, 0.1) is 16.1 Å². The highest BCUT2D eigenvalue weighted by molar-refractivity contribution is 7.92. The quantitative estimate of drug-likeness (QED) is 0.631. The predicted molar refractivity (Wildman–Crippen MR) is 114 cm³/mol. The molecule has 1 amide bonds. The molecule has 1 atom stereocenters. The van der Waals surface area contributed by atoms with E-state index in [1.54, 1.807) is 36.1 Å². The number of carbonyl (C=O) groups excluding carboxylic acids is 2. The highest BCUT2D eigenvalue weighted by Crippen LogP contribution is 2.24. The van der Waals surface area contributed by atoms with E-state index in [1.807, 2.05) is 6.07 Å². The lowest BCUT2D eigenvalue weighted by atomic mass is 10.2. The summed E-state index contributed by atoms with van der Waals surface area (Å²) >= 11 is 0. The minimum absolute atomic E-state index is 0.0128. The van der Waals surface area contributed by atoms with Crippen LogP contribution in [0.3, 0.4) is 0 Å². The van der Waals surface area contributed by atoms with Crippen LogP contribution >= 0.6 is 0 Å². The van der Waals surface area contributed by atoms with E-state index >= 15 is 0 Å². The first-order chi connectivity index (χ1) is 14.3. The first-order valence-electron chi connectivity index (χ1n) is 10.0. The molecule has 1 unspecified atom stereocenters. The number of para-hydroxylation sites is 1. The van der Waals surface area contributed by atoms with Gasteiger partial charge >= 0.3 is 5.97 Å². The van der Waals surface area contributed by atoms with Gasteiger partial charge in [-0.3, -0.25) is 9.10 Å². The molecular formula is C22H26N2O5S. The molecular weight excluding hydrogens is 404 g/mol. The lowest BCUT2D eigenvalue weighted by molar-refractivity contribution is -0.138. The summed E-state index contributed by atoms with van der Waals surface area (Å²) in [4.78, 5) is 26.6. The SMILES string of the molecule is CCN(c1ccccc1)S(=O)(=O)c1cccc(C(=O)OC(C)C(=O)N2CCCC2)c1. The van der Waals surface area contributed by atoms with Crippen molar-refractivity contribution < 1.29 is 22.7 Å². The van der Waals surface area contributed by atoms with Crippen LogP contribution in [0.2, 0.25) is 0 Å². The van der Waals surface area contributed by atoms with Crippen molar-refractivity contribution in [1.29, 1.82) is 0 Å². The fourth-order valence-corrected chi connectivity index (χ4v) is 4.99. The van der Waals surface area contributed by atoms with Gasteiger partial charge in [0.1, 0.15) is 0 Å². The summed E-state index contributed by atoms with van der Waals surface area (Å²) in [7, 11) is -3.87. The summed E-state index contributed by atoms with van der Waals surface area (Å²) in [6, 6.07) is 14.5. The molecule has 1 saturated heterocycles. The number of carbonyl (C=O) groups is 2. The third-order valence-electron chi connectivity index (χ3n) is 5.04. The van der Waals surface area contributed by atoms with Crippen LogP contribution in [0.4, 0.5) is 5.69 Å². The van der Waals surface area contributed by atoms with E-state index in [2.05, 4.69) is 0 Å². The maximum absolute atomic E-state index is 13.2. The van der Waals surface area contributed by atoms with Crippen molar-refractivity contribution in [3.05, 3.63) is 60.2 Å². The molecule has 1 aliphatic heterocycles. The number of nitrogens with zero attached hydrogens (tertiary/aromatic N) is 2. The zero-order valence-corrected chi connectivity index (χ0v) is 18.0. The molecule has 160 valence electrons. The number of hydrogen-bond donors (Lipinski definition) is 0. The van der Waals surface area contributed by atoms with Gasteiger partial charge in [-0.15, -0.1) is 0 Å². The highest BCUT2D eigenvalue weighted by Gasteiger charge is 2.28. The van der Waals surface area contributed by atoms with Crippen molar-refractivity contribution in [2.24, 2.45) is 0 Å². The van der Waals surface area contributed by atoms with E-state index < -0.39 is 22.1 Å². The number of esters is 1.